The van der Waals surface area contributed by atoms with E-state index in [2.05, 4.69) is 28.2 Å². The van der Waals surface area contributed by atoms with Crippen molar-refractivity contribution in [2.45, 2.75) is 38.6 Å². The molecule has 2 atom stereocenters. The van der Waals surface area contributed by atoms with Gasteiger partial charge >= 0.3 is 0 Å². The predicted molar refractivity (Wildman–Crippen MR) is 77.9 cm³/mol. The van der Waals surface area contributed by atoms with Gasteiger partial charge in [0.05, 0.1) is 5.56 Å². The van der Waals surface area contributed by atoms with Gasteiger partial charge in [0.1, 0.15) is 5.82 Å². The van der Waals surface area contributed by atoms with Gasteiger partial charge in [0.15, 0.2) is 5.78 Å². The molecule has 1 N–H and O–H groups in total. The molecule has 1 fully saturated rings. The normalized spacial score (nSPS) is 23.3. The number of hydrogen-bond acceptors (Lipinski definition) is 2. The van der Waals surface area contributed by atoms with Gasteiger partial charge in [-0.05, 0) is 43.5 Å². The van der Waals surface area contributed by atoms with Crippen LogP contribution in [0.2, 0.25) is 0 Å². The number of hydrogen-bond donors (Lipinski definition) is 1. The van der Waals surface area contributed by atoms with Crippen molar-refractivity contribution in [2.24, 2.45) is 5.92 Å². The van der Waals surface area contributed by atoms with Crippen molar-refractivity contribution in [1.82, 2.24) is 5.32 Å². The molecule has 1 aliphatic heterocycles. The van der Waals surface area contributed by atoms with Crippen LogP contribution in [0.15, 0.2) is 22.7 Å². The second-order valence-electron chi connectivity index (χ2n) is 5.20. The largest absolute Gasteiger partial charge is 0.314 e. The lowest BCUT2D eigenvalue weighted by atomic mass is 9.87. The van der Waals surface area contributed by atoms with Crippen LogP contribution in [0.5, 0.6) is 0 Å². The second kappa shape index (κ2) is 6.62. The average molecular weight is 328 g/mol. The van der Waals surface area contributed by atoms with Crippen molar-refractivity contribution in [3.8, 4) is 0 Å². The smallest absolute Gasteiger partial charge is 0.167 e. The van der Waals surface area contributed by atoms with E-state index in [1.807, 2.05) is 0 Å². The summed E-state index contributed by atoms with van der Waals surface area (Å²) in [6.07, 6.45) is 3.71. The quantitative estimate of drug-likeness (QED) is 0.848. The van der Waals surface area contributed by atoms with Gasteiger partial charge in [0.2, 0.25) is 0 Å². The van der Waals surface area contributed by atoms with Gasteiger partial charge in [-0.15, -0.1) is 0 Å². The molecule has 1 heterocycles. The molecule has 0 aromatic heterocycles. The molecule has 0 amide bonds. The summed E-state index contributed by atoms with van der Waals surface area (Å²) in [6.45, 7) is 3.14. The highest BCUT2D eigenvalue weighted by atomic mass is 79.9. The molecule has 0 spiro atoms. The minimum absolute atomic E-state index is 0.118. The monoisotopic (exact) mass is 327 g/mol. The molecule has 1 saturated heterocycles. The molecule has 2 nitrogen and oxygen atoms in total. The molecule has 0 bridgehead atoms. The zero-order chi connectivity index (χ0) is 13.8. The molecule has 1 aromatic rings. The van der Waals surface area contributed by atoms with Crippen LogP contribution in [0.3, 0.4) is 0 Å². The number of halogens is 2. The van der Waals surface area contributed by atoms with Crippen molar-refractivity contribution < 1.29 is 9.18 Å². The van der Waals surface area contributed by atoms with Crippen LogP contribution < -0.4 is 5.32 Å². The summed E-state index contributed by atoms with van der Waals surface area (Å²) in [7, 11) is 0. The summed E-state index contributed by atoms with van der Waals surface area (Å²) >= 11 is 3.28. The Morgan fingerprint density at radius 1 is 1.53 bits per heavy atom. The number of Topliss-reactive ketones (excluding diaryl/α,β-unsaturated/α-hetero) is 1. The standard InChI is InChI=1S/C15H19BrFNO/c1-2-10-5-6-18-12(7-10)9-15(19)13-8-11(16)3-4-14(13)17/h3-4,8,10,12,18H,2,5-7,9H2,1H3. The summed E-state index contributed by atoms with van der Waals surface area (Å²) in [5.41, 5.74) is 0.190. The van der Waals surface area contributed by atoms with Crippen molar-refractivity contribution in [2.75, 3.05) is 6.54 Å². The highest BCUT2D eigenvalue weighted by molar-refractivity contribution is 9.10. The molecule has 2 rings (SSSR count). The van der Waals surface area contributed by atoms with Gasteiger partial charge in [-0.2, -0.15) is 0 Å². The lowest BCUT2D eigenvalue weighted by Gasteiger charge is -2.29. The first-order valence-corrected chi connectivity index (χ1v) is 7.61. The maximum Gasteiger partial charge on any atom is 0.167 e. The van der Waals surface area contributed by atoms with E-state index in [4.69, 9.17) is 0 Å². The van der Waals surface area contributed by atoms with Crippen LogP contribution in [-0.2, 0) is 0 Å². The van der Waals surface area contributed by atoms with Crippen LogP contribution in [0.1, 0.15) is 43.0 Å². The first-order valence-electron chi connectivity index (χ1n) is 6.81. The molecular formula is C15H19BrFNO. The van der Waals surface area contributed by atoms with Gasteiger partial charge in [-0.25, -0.2) is 4.39 Å². The third kappa shape index (κ3) is 3.86. The van der Waals surface area contributed by atoms with Gasteiger partial charge in [0.25, 0.3) is 0 Å². The Balaban J connectivity index is 2.02. The summed E-state index contributed by atoms with van der Waals surface area (Å²) in [6, 6.07) is 4.70. The zero-order valence-electron chi connectivity index (χ0n) is 11.1. The van der Waals surface area contributed by atoms with Crippen LogP contribution >= 0.6 is 15.9 Å². The van der Waals surface area contributed by atoms with Crippen LogP contribution in [0, 0.1) is 11.7 Å². The van der Waals surface area contributed by atoms with E-state index in [1.165, 1.54) is 12.5 Å². The van der Waals surface area contributed by atoms with Gasteiger partial charge < -0.3 is 5.32 Å². The maximum absolute atomic E-state index is 13.7. The Morgan fingerprint density at radius 3 is 3.05 bits per heavy atom. The summed E-state index contributed by atoms with van der Waals surface area (Å²) < 4.78 is 14.4. The number of piperidine rings is 1. The fourth-order valence-electron chi connectivity index (χ4n) is 2.67. The predicted octanol–water partition coefficient (Wildman–Crippen LogP) is 3.94. The molecule has 0 saturated carbocycles. The van der Waals surface area contributed by atoms with E-state index in [1.54, 1.807) is 12.1 Å². The third-order valence-corrected chi connectivity index (χ3v) is 4.33. The van der Waals surface area contributed by atoms with Crippen molar-refractivity contribution >= 4 is 21.7 Å². The fraction of sp³-hybridized carbons (Fsp3) is 0.533. The Kier molecular flexibility index (Phi) is 5.11. The second-order valence-corrected chi connectivity index (χ2v) is 6.12. The zero-order valence-corrected chi connectivity index (χ0v) is 12.7. The first-order chi connectivity index (χ1) is 9.10. The van der Waals surface area contributed by atoms with Crippen LogP contribution in [-0.4, -0.2) is 18.4 Å². The minimum Gasteiger partial charge on any atom is -0.314 e. The fourth-order valence-corrected chi connectivity index (χ4v) is 3.03. The molecule has 2 unspecified atom stereocenters. The Morgan fingerprint density at radius 2 is 2.32 bits per heavy atom. The number of carbonyl (C=O) groups is 1. The topological polar surface area (TPSA) is 29.1 Å². The average Bonchev–Trinajstić information content (AvgIpc) is 2.41. The number of nitrogens with one attached hydrogen (secondary N) is 1. The van der Waals surface area contributed by atoms with Gasteiger partial charge in [0, 0.05) is 16.9 Å². The molecule has 1 aromatic carbocycles. The number of ketones is 1. The first kappa shape index (κ1) is 14.7. The summed E-state index contributed by atoms with van der Waals surface area (Å²) in [4.78, 5) is 12.2. The highest BCUT2D eigenvalue weighted by Gasteiger charge is 2.23. The Bertz CT molecular complexity index is 463. The molecule has 1 aliphatic rings. The summed E-state index contributed by atoms with van der Waals surface area (Å²) in [5.74, 6) is 0.135. The SMILES string of the molecule is CCC1CCNC(CC(=O)c2cc(Br)ccc2F)C1. The van der Waals surface area contributed by atoms with E-state index >= 15 is 0 Å². The highest BCUT2D eigenvalue weighted by Crippen LogP contribution is 2.23. The van der Waals surface area contributed by atoms with Gasteiger partial charge in [-0.3, -0.25) is 4.79 Å². The van der Waals surface area contributed by atoms with E-state index in [9.17, 15) is 9.18 Å². The van der Waals surface area contributed by atoms with E-state index in [0.717, 1.165) is 23.9 Å². The molecule has 19 heavy (non-hydrogen) atoms. The molecule has 4 heteroatoms. The lowest BCUT2D eigenvalue weighted by molar-refractivity contribution is 0.0953. The van der Waals surface area contributed by atoms with Crippen molar-refractivity contribution in [3.05, 3.63) is 34.1 Å². The number of rotatable bonds is 4. The van der Waals surface area contributed by atoms with Gasteiger partial charge in [-0.1, -0.05) is 29.3 Å². The van der Waals surface area contributed by atoms with Crippen LogP contribution in [0.4, 0.5) is 4.39 Å². The molecule has 0 aliphatic carbocycles. The molecular weight excluding hydrogens is 309 g/mol. The summed E-state index contributed by atoms with van der Waals surface area (Å²) in [5, 5.41) is 3.36. The maximum atomic E-state index is 13.7. The molecule has 0 radical (unpaired) electrons. The third-order valence-electron chi connectivity index (χ3n) is 3.84. The van der Waals surface area contributed by atoms with E-state index < -0.39 is 5.82 Å². The Labute approximate surface area is 121 Å². The van der Waals surface area contributed by atoms with Crippen molar-refractivity contribution in [3.63, 3.8) is 0 Å². The minimum atomic E-state index is -0.434. The lowest BCUT2D eigenvalue weighted by Crippen LogP contribution is -2.39. The van der Waals surface area contributed by atoms with Crippen LogP contribution in [0.25, 0.3) is 0 Å². The molecule has 104 valence electrons. The van der Waals surface area contributed by atoms with E-state index in [-0.39, 0.29) is 17.4 Å². The number of benzene rings is 1. The van der Waals surface area contributed by atoms with Crippen molar-refractivity contribution in [1.29, 1.82) is 0 Å². The van der Waals surface area contributed by atoms with E-state index in [0.29, 0.717) is 12.3 Å². The number of carbonyl (C=O) groups excluding carboxylic acids is 1. The Hall–Kier alpha value is -0.740.